The average molecular weight is 270 g/mol. The molecule has 0 radical (unpaired) electrons. The zero-order valence-corrected chi connectivity index (χ0v) is 10.6. The molecule has 0 aliphatic rings. The number of aliphatic carboxylic acids is 1. The number of thiophene rings is 1. The second kappa shape index (κ2) is 6.15. The van der Waals surface area contributed by atoms with Crippen molar-refractivity contribution in [1.82, 2.24) is 5.32 Å². The van der Waals surface area contributed by atoms with Gasteiger partial charge in [0, 0.05) is 6.54 Å². The van der Waals surface area contributed by atoms with E-state index in [2.05, 4.69) is 5.32 Å². The Hall–Kier alpha value is -1.89. The monoisotopic (exact) mass is 270 g/mol. The molecule has 0 unspecified atom stereocenters. The first-order valence-electron chi connectivity index (χ1n) is 5.32. The molecule has 0 aromatic carbocycles. The summed E-state index contributed by atoms with van der Waals surface area (Å²) in [6.45, 7) is 1.85. The molecule has 6 nitrogen and oxygen atoms in total. The smallest absolute Gasteiger partial charge is 0.306 e. The van der Waals surface area contributed by atoms with Gasteiger partial charge in [-0.15, -0.1) is 11.3 Å². The van der Waals surface area contributed by atoms with Crippen LogP contribution in [0.15, 0.2) is 12.1 Å². The Balaban J connectivity index is 2.45. The molecule has 0 aliphatic heterocycles. The molecule has 7 heteroatoms. The fourth-order valence-corrected chi connectivity index (χ4v) is 1.98. The van der Waals surface area contributed by atoms with Crippen molar-refractivity contribution in [3.63, 3.8) is 0 Å². The van der Waals surface area contributed by atoms with Crippen LogP contribution in [-0.4, -0.2) is 29.4 Å². The fraction of sp³-hybridized carbons (Fsp3) is 0.364. The molecule has 0 aliphatic carbocycles. The van der Waals surface area contributed by atoms with Crippen LogP contribution in [0.25, 0.3) is 0 Å². The summed E-state index contributed by atoms with van der Waals surface area (Å²) < 4.78 is 0. The van der Waals surface area contributed by atoms with Crippen molar-refractivity contribution < 1.29 is 19.5 Å². The van der Waals surface area contributed by atoms with Crippen molar-refractivity contribution in [2.24, 2.45) is 11.7 Å². The molecule has 1 atom stereocenters. The van der Waals surface area contributed by atoms with E-state index in [1.165, 1.54) is 12.1 Å². The number of carbonyl (C=O) groups excluding carboxylic acids is 2. The Morgan fingerprint density at radius 3 is 2.50 bits per heavy atom. The van der Waals surface area contributed by atoms with Gasteiger partial charge in [0.1, 0.15) is 0 Å². The van der Waals surface area contributed by atoms with E-state index in [1.807, 2.05) is 0 Å². The SMILES string of the molecule is C[C@H](CCNC(=O)c1ccc(C(N)=O)s1)C(=O)O. The largest absolute Gasteiger partial charge is 0.481 e. The second-order valence-electron chi connectivity index (χ2n) is 3.81. The van der Waals surface area contributed by atoms with Crippen molar-refractivity contribution in [2.75, 3.05) is 6.54 Å². The molecule has 1 aromatic rings. The van der Waals surface area contributed by atoms with Crippen LogP contribution in [0.3, 0.4) is 0 Å². The zero-order chi connectivity index (χ0) is 13.7. The molecule has 0 fully saturated rings. The molecule has 4 N–H and O–H groups in total. The summed E-state index contributed by atoms with van der Waals surface area (Å²) in [5.41, 5.74) is 5.07. The topological polar surface area (TPSA) is 109 Å². The van der Waals surface area contributed by atoms with Gasteiger partial charge in [-0.2, -0.15) is 0 Å². The Labute approximate surface area is 108 Å². The van der Waals surface area contributed by atoms with Gasteiger partial charge in [-0.3, -0.25) is 14.4 Å². The Bertz CT molecular complexity index is 469. The van der Waals surface area contributed by atoms with Crippen molar-refractivity contribution in [3.05, 3.63) is 21.9 Å². The van der Waals surface area contributed by atoms with Crippen LogP contribution in [0.5, 0.6) is 0 Å². The van der Waals surface area contributed by atoms with Gasteiger partial charge in [0.25, 0.3) is 11.8 Å². The Morgan fingerprint density at radius 1 is 1.39 bits per heavy atom. The van der Waals surface area contributed by atoms with E-state index in [1.54, 1.807) is 6.92 Å². The number of carbonyl (C=O) groups is 3. The van der Waals surface area contributed by atoms with Gasteiger partial charge in [0.2, 0.25) is 0 Å². The van der Waals surface area contributed by atoms with Crippen LogP contribution in [-0.2, 0) is 4.79 Å². The minimum Gasteiger partial charge on any atom is -0.481 e. The lowest BCUT2D eigenvalue weighted by molar-refractivity contribution is -0.141. The third kappa shape index (κ3) is 3.85. The molecule has 0 saturated heterocycles. The van der Waals surface area contributed by atoms with E-state index in [-0.39, 0.29) is 12.5 Å². The molecule has 98 valence electrons. The molecule has 0 bridgehead atoms. The van der Waals surface area contributed by atoms with Gasteiger partial charge >= 0.3 is 5.97 Å². The third-order valence-electron chi connectivity index (χ3n) is 2.36. The summed E-state index contributed by atoms with van der Waals surface area (Å²) in [4.78, 5) is 33.7. The van der Waals surface area contributed by atoms with E-state index in [0.717, 1.165) is 11.3 Å². The van der Waals surface area contributed by atoms with Crippen LogP contribution in [0.4, 0.5) is 0 Å². The molecule has 1 aromatic heterocycles. The molecule has 1 heterocycles. The van der Waals surface area contributed by atoms with Crippen LogP contribution >= 0.6 is 11.3 Å². The number of primary amides is 1. The first kappa shape index (κ1) is 14.2. The lowest BCUT2D eigenvalue weighted by atomic mass is 10.1. The summed E-state index contributed by atoms with van der Waals surface area (Å²) in [6, 6.07) is 3.00. The second-order valence-corrected chi connectivity index (χ2v) is 4.90. The predicted molar refractivity (Wildman–Crippen MR) is 66.6 cm³/mol. The van der Waals surface area contributed by atoms with Crippen LogP contribution in [0, 0.1) is 5.92 Å². The zero-order valence-electron chi connectivity index (χ0n) is 9.80. The highest BCUT2D eigenvalue weighted by molar-refractivity contribution is 7.15. The van der Waals surface area contributed by atoms with E-state index in [4.69, 9.17) is 10.8 Å². The Morgan fingerprint density at radius 2 is 2.00 bits per heavy atom. The van der Waals surface area contributed by atoms with Crippen molar-refractivity contribution in [3.8, 4) is 0 Å². The van der Waals surface area contributed by atoms with E-state index < -0.39 is 17.8 Å². The van der Waals surface area contributed by atoms with Gasteiger partial charge in [-0.1, -0.05) is 6.92 Å². The number of nitrogens with two attached hydrogens (primary N) is 1. The first-order chi connectivity index (χ1) is 8.41. The normalized spacial score (nSPS) is 11.8. The average Bonchev–Trinajstić information content (AvgIpc) is 2.77. The van der Waals surface area contributed by atoms with Gasteiger partial charge in [-0.25, -0.2) is 0 Å². The molecule has 1 rings (SSSR count). The fourth-order valence-electron chi connectivity index (χ4n) is 1.21. The molecular weight excluding hydrogens is 256 g/mol. The number of carboxylic acid groups (broad SMARTS) is 1. The number of hydrogen-bond acceptors (Lipinski definition) is 4. The number of hydrogen-bond donors (Lipinski definition) is 3. The standard InChI is InChI=1S/C11H14N2O4S/c1-6(11(16)17)4-5-13-10(15)8-3-2-7(18-8)9(12)14/h2-3,6H,4-5H2,1H3,(H2,12,14)(H,13,15)(H,16,17)/t6-/m1/s1. The summed E-state index contributed by atoms with van der Waals surface area (Å²) in [5.74, 6) is -2.30. The van der Waals surface area contributed by atoms with Gasteiger partial charge in [-0.05, 0) is 18.6 Å². The van der Waals surface area contributed by atoms with Gasteiger partial charge < -0.3 is 16.2 Å². The lowest BCUT2D eigenvalue weighted by Gasteiger charge is -2.06. The number of rotatable bonds is 6. The highest BCUT2D eigenvalue weighted by atomic mass is 32.1. The van der Waals surface area contributed by atoms with Crippen LogP contribution < -0.4 is 11.1 Å². The maximum absolute atomic E-state index is 11.6. The lowest BCUT2D eigenvalue weighted by Crippen LogP contribution is -2.26. The first-order valence-corrected chi connectivity index (χ1v) is 6.14. The maximum atomic E-state index is 11.6. The number of amides is 2. The van der Waals surface area contributed by atoms with Crippen molar-refractivity contribution >= 4 is 29.1 Å². The van der Waals surface area contributed by atoms with Gasteiger partial charge in [0.15, 0.2) is 0 Å². The summed E-state index contributed by atoms with van der Waals surface area (Å²) in [5, 5.41) is 11.3. The predicted octanol–water partition coefficient (Wildman–Crippen LogP) is 0.688. The Kier molecular flexibility index (Phi) is 4.85. The molecule has 18 heavy (non-hydrogen) atoms. The highest BCUT2D eigenvalue weighted by Gasteiger charge is 2.13. The van der Waals surface area contributed by atoms with Crippen LogP contribution in [0.1, 0.15) is 32.7 Å². The number of nitrogens with one attached hydrogen (secondary N) is 1. The molecule has 0 spiro atoms. The molecule has 2 amide bonds. The van der Waals surface area contributed by atoms with E-state index >= 15 is 0 Å². The summed E-state index contributed by atoms with van der Waals surface area (Å²) in [6.07, 6.45) is 0.356. The molecular formula is C11H14N2O4S. The summed E-state index contributed by atoms with van der Waals surface area (Å²) >= 11 is 1.01. The van der Waals surface area contributed by atoms with Crippen molar-refractivity contribution in [1.29, 1.82) is 0 Å². The van der Waals surface area contributed by atoms with E-state index in [9.17, 15) is 14.4 Å². The highest BCUT2D eigenvalue weighted by Crippen LogP contribution is 2.15. The van der Waals surface area contributed by atoms with Crippen molar-refractivity contribution in [2.45, 2.75) is 13.3 Å². The number of carboxylic acids is 1. The quantitative estimate of drug-likeness (QED) is 0.706. The maximum Gasteiger partial charge on any atom is 0.306 e. The van der Waals surface area contributed by atoms with Gasteiger partial charge in [0.05, 0.1) is 15.7 Å². The van der Waals surface area contributed by atoms with Crippen LogP contribution in [0.2, 0.25) is 0 Å². The summed E-state index contributed by atoms with van der Waals surface area (Å²) in [7, 11) is 0. The minimum absolute atomic E-state index is 0.274. The van der Waals surface area contributed by atoms with E-state index in [0.29, 0.717) is 16.2 Å². The third-order valence-corrected chi connectivity index (χ3v) is 3.46. The minimum atomic E-state index is -0.892. The molecule has 0 saturated carbocycles.